The molecule has 0 fully saturated rings. The van der Waals surface area contributed by atoms with Crippen molar-refractivity contribution in [3.05, 3.63) is 75.1 Å². The molecule has 0 aliphatic carbocycles. The maximum atomic E-state index is 11.6. The average Bonchev–Trinajstić information content (AvgIpc) is 2.46. The van der Waals surface area contributed by atoms with Crippen molar-refractivity contribution < 1.29 is 9.34 Å². The Morgan fingerprint density at radius 3 is 2.45 bits per heavy atom. The summed E-state index contributed by atoms with van der Waals surface area (Å²) >= 11 is 0. The summed E-state index contributed by atoms with van der Waals surface area (Å²) in [6.07, 6.45) is 0. The van der Waals surface area contributed by atoms with E-state index in [1.54, 1.807) is 0 Å². The lowest BCUT2D eigenvalue weighted by molar-refractivity contribution is -0.384. The molecule has 3 aromatic rings. The van der Waals surface area contributed by atoms with Crippen molar-refractivity contribution in [2.24, 2.45) is 0 Å². The highest BCUT2D eigenvalue weighted by Gasteiger charge is 2.12. The first-order valence-corrected chi connectivity index (χ1v) is 5.93. The third-order valence-electron chi connectivity index (χ3n) is 3.02. The van der Waals surface area contributed by atoms with E-state index in [1.807, 2.05) is 30.3 Å². The predicted molar refractivity (Wildman–Crippen MR) is 74.6 cm³/mol. The molecule has 5 nitrogen and oxygen atoms in total. The van der Waals surface area contributed by atoms with Crippen LogP contribution in [0.2, 0.25) is 0 Å². The minimum atomic E-state index is -0.481. The minimum Gasteiger partial charge on any atom is -0.423 e. The lowest BCUT2D eigenvalue weighted by Gasteiger charge is -2.05. The molecule has 3 rings (SSSR count). The molecule has 1 heterocycles. The van der Waals surface area contributed by atoms with Gasteiger partial charge in [-0.3, -0.25) is 10.1 Å². The average molecular weight is 267 g/mol. The van der Waals surface area contributed by atoms with E-state index in [1.165, 1.54) is 24.3 Å². The summed E-state index contributed by atoms with van der Waals surface area (Å²) in [5, 5.41) is 11.4. The third kappa shape index (κ3) is 2.05. The predicted octanol–water partition coefficient (Wildman–Crippen LogP) is 3.37. The van der Waals surface area contributed by atoms with Crippen LogP contribution in [0.25, 0.3) is 22.1 Å². The van der Waals surface area contributed by atoms with Gasteiger partial charge < -0.3 is 4.42 Å². The number of nitro benzene ring substituents is 1. The molecule has 0 saturated carbocycles. The first-order chi connectivity index (χ1) is 9.65. The number of nitrogens with zero attached hydrogens (tertiary/aromatic N) is 1. The Kier molecular flexibility index (Phi) is 2.80. The van der Waals surface area contributed by atoms with E-state index in [2.05, 4.69) is 0 Å². The summed E-state index contributed by atoms with van der Waals surface area (Å²) in [6.45, 7) is 0. The Hall–Kier alpha value is -2.95. The number of benzene rings is 2. The Bertz CT molecular complexity index is 853. The standard InChI is InChI=1S/C15H9NO4/c17-15-9-12(10-4-2-1-3-5-10)13-8-11(16(18)19)6-7-14(13)20-15/h1-9H. The van der Waals surface area contributed by atoms with Gasteiger partial charge in [-0.2, -0.15) is 0 Å². The summed E-state index contributed by atoms with van der Waals surface area (Å²) in [6, 6.07) is 14.8. The molecule has 0 aliphatic heterocycles. The fourth-order valence-corrected chi connectivity index (χ4v) is 2.12. The molecule has 0 bridgehead atoms. The zero-order chi connectivity index (χ0) is 14.1. The molecule has 0 unspecified atom stereocenters. The number of rotatable bonds is 2. The molecular weight excluding hydrogens is 258 g/mol. The second-order valence-corrected chi connectivity index (χ2v) is 4.28. The zero-order valence-corrected chi connectivity index (χ0v) is 10.3. The summed E-state index contributed by atoms with van der Waals surface area (Å²) < 4.78 is 5.08. The van der Waals surface area contributed by atoms with Gasteiger partial charge in [-0.15, -0.1) is 0 Å². The van der Waals surface area contributed by atoms with Crippen molar-refractivity contribution in [1.29, 1.82) is 0 Å². The van der Waals surface area contributed by atoms with Crippen LogP contribution in [0.1, 0.15) is 0 Å². The Balaban J connectivity index is 2.37. The normalized spacial score (nSPS) is 10.6. The fraction of sp³-hybridized carbons (Fsp3) is 0. The molecule has 0 saturated heterocycles. The molecule has 0 spiro atoms. The van der Waals surface area contributed by atoms with Gasteiger partial charge in [0.25, 0.3) is 5.69 Å². The second kappa shape index (κ2) is 4.62. The van der Waals surface area contributed by atoms with E-state index in [9.17, 15) is 14.9 Å². The highest BCUT2D eigenvalue weighted by Crippen LogP contribution is 2.29. The smallest absolute Gasteiger partial charge is 0.336 e. The van der Waals surface area contributed by atoms with Crippen LogP contribution in [0.5, 0.6) is 0 Å². The maximum Gasteiger partial charge on any atom is 0.336 e. The van der Waals surface area contributed by atoms with E-state index in [-0.39, 0.29) is 5.69 Å². The van der Waals surface area contributed by atoms with Gasteiger partial charge in [0.1, 0.15) is 5.58 Å². The van der Waals surface area contributed by atoms with Crippen LogP contribution in [0.3, 0.4) is 0 Å². The van der Waals surface area contributed by atoms with Gasteiger partial charge in [0.2, 0.25) is 0 Å². The van der Waals surface area contributed by atoms with E-state index in [4.69, 9.17) is 4.42 Å². The van der Waals surface area contributed by atoms with Crippen LogP contribution in [-0.2, 0) is 0 Å². The molecule has 0 amide bonds. The van der Waals surface area contributed by atoms with Gasteiger partial charge in [-0.25, -0.2) is 4.79 Å². The Labute approximate surface area is 113 Å². The highest BCUT2D eigenvalue weighted by atomic mass is 16.6. The first kappa shape index (κ1) is 12.1. The topological polar surface area (TPSA) is 73.3 Å². The SMILES string of the molecule is O=c1cc(-c2ccccc2)c2cc([N+](=O)[O-])ccc2o1. The maximum absolute atomic E-state index is 11.6. The Morgan fingerprint density at radius 1 is 1.00 bits per heavy atom. The van der Waals surface area contributed by atoms with Crippen LogP contribution in [0, 0.1) is 10.1 Å². The van der Waals surface area contributed by atoms with E-state index >= 15 is 0 Å². The van der Waals surface area contributed by atoms with Crippen molar-refractivity contribution in [1.82, 2.24) is 0 Å². The fourth-order valence-electron chi connectivity index (χ4n) is 2.12. The van der Waals surface area contributed by atoms with Crippen LogP contribution in [-0.4, -0.2) is 4.92 Å². The van der Waals surface area contributed by atoms with E-state index < -0.39 is 10.5 Å². The number of nitro groups is 1. The van der Waals surface area contributed by atoms with Crippen LogP contribution >= 0.6 is 0 Å². The number of non-ortho nitro benzene ring substituents is 1. The first-order valence-electron chi connectivity index (χ1n) is 5.93. The number of hydrogen-bond acceptors (Lipinski definition) is 4. The van der Waals surface area contributed by atoms with E-state index in [0.717, 1.165) is 5.56 Å². The zero-order valence-electron chi connectivity index (χ0n) is 10.3. The van der Waals surface area contributed by atoms with Gasteiger partial charge in [-0.1, -0.05) is 30.3 Å². The van der Waals surface area contributed by atoms with E-state index in [0.29, 0.717) is 16.5 Å². The Morgan fingerprint density at radius 2 is 1.75 bits per heavy atom. The van der Waals surface area contributed by atoms with Gasteiger partial charge in [0.05, 0.1) is 4.92 Å². The highest BCUT2D eigenvalue weighted by molar-refractivity contribution is 5.94. The van der Waals surface area contributed by atoms with Crippen LogP contribution < -0.4 is 5.63 Å². The van der Waals surface area contributed by atoms with Gasteiger partial charge in [0, 0.05) is 29.1 Å². The molecule has 0 atom stereocenters. The molecule has 0 radical (unpaired) electrons. The number of fused-ring (bicyclic) bond motifs is 1. The lowest BCUT2D eigenvalue weighted by atomic mass is 10.0. The largest absolute Gasteiger partial charge is 0.423 e. The summed E-state index contributed by atoms with van der Waals surface area (Å²) in [7, 11) is 0. The summed E-state index contributed by atoms with van der Waals surface area (Å²) in [4.78, 5) is 22.0. The van der Waals surface area contributed by atoms with Crippen LogP contribution in [0.15, 0.2) is 63.8 Å². The second-order valence-electron chi connectivity index (χ2n) is 4.28. The van der Waals surface area contributed by atoms with Crippen molar-refractivity contribution in [3.8, 4) is 11.1 Å². The number of hydrogen-bond donors (Lipinski definition) is 0. The summed E-state index contributed by atoms with van der Waals surface area (Å²) in [5.74, 6) is 0. The van der Waals surface area contributed by atoms with Gasteiger partial charge >= 0.3 is 5.63 Å². The quantitative estimate of drug-likeness (QED) is 0.405. The molecule has 0 N–H and O–H groups in total. The summed E-state index contributed by atoms with van der Waals surface area (Å²) in [5.41, 5.74) is 1.25. The minimum absolute atomic E-state index is 0.0384. The van der Waals surface area contributed by atoms with Crippen molar-refractivity contribution in [3.63, 3.8) is 0 Å². The molecule has 98 valence electrons. The third-order valence-corrected chi connectivity index (χ3v) is 3.02. The monoisotopic (exact) mass is 267 g/mol. The molecule has 1 aromatic heterocycles. The van der Waals surface area contributed by atoms with Crippen LogP contribution in [0.4, 0.5) is 5.69 Å². The van der Waals surface area contributed by atoms with Crippen molar-refractivity contribution in [2.75, 3.05) is 0 Å². The molecule has 20 heavy (non-hydrogen) atoms. The van der Waals surface area contributed by atoms with Gasteiger partial charge in [0.15, 0.2) is 0 Å². The van der Waals surface area contributed by atoms with Crippen molar-refractivity contribution >= 4 is 16.7 Å². The van der Waals surface area contributed by atoms with Gasteiger partial charge in [-0.05, 0) is 11.6 Å². The molecule has 2 aromatic carbocycles. The van der Waals surface area contributed by atoms with Crippen molar-refractivity contribution in [2.45, 2.75) is 0 Å². The molecule has 0 aliphatic rings. The lowest BCUT2D eigenvalue weighted by Crippen LogP contribution is -1.98. The molecular formula is C15H9NO4. The molecule has 5 heteroatoms.